The fraction of sp³-hybridized carbons (Fsp3) is 0.316. The highest BCUT2D eigenvalue weighted by Crippen LogP contribution is 2.13. The summed E-state index contributed by atoms with van der Waals surface area (Å²) in [6.45, 7) is 4.57. The second kappa shape index (κ2) is 6.71. The Morgan fingerprint density at radius 1 is 1.25 bits per heavy atom. The molecule has 0 spiro atoms. The van der Waals surface area contributed by atoms with Crippen molar-refractivity contribution in [1.29, 1.82) is 5.26 Å². The molecule has 0 saturated heterocycles. The van der Waals surface area contributed by atoms with Crippen molar-refractivity contribution >= 4 is 5.52 Å². The number of nitrogens with zero attached hydrogens (tertiary/aromatic N) is 4. The van der Waals surface area contributed by atoms with Gasteiger partial charge in [-0.15, -0.1) is 0 Å². The molecule has 0 N–H and O–H groups in total. The van der Waals surface area contributed by atoms with Gasteiger partial charge in [0.15, 0.2) is 0 Å². The summed E-state index contributed by atoms with van der Waals surface area (Å²) >= 11 is 0. The highest BCUT2D eigenvalue weighted by Gasteiger charge is 2.14. The predicted molar refractivity (Wildman–Crippen MR) is 93.1 cm³/mol. The van der Waals surface area contributed by atoms with Crippen LogP contribution in [0.1, 0.15) is 42.9 Å². The van der Waals surface area contributed by atoms with Gasteiger partial charge in [-0.1, -0.05) is 26.0 Å². The zero-order valence-corrected chi connectivity index (χ0v) is 14.0. The van der Waals surface area contributed by atoms with Crippen molar-refractivity contribution < 1.29 is 0 Å². The number of nitriles is 1. The zero-order valence-electron chi connectivity index (χ0n) is 14.0. The number of hydrogen-bond donors (Lipinski definition) is 0. The third-order valence-electron chi connectivity index (χ3n) is 4.13. The molecular weight excluding hydrogens is 300 g/mol. The second-order valence-corrected chi connectivity index (χ2v) is 5.84. The first-order valence-electron chi connectivity index (χ1n) is 8.26. The maximum absolute atomic E-state index is 12.9. The molecule has 0 amide bonds. The first-order chi connectivity index (χ1) is 11.7. The van der Waals surface area contributed by atoms with Gasteiger partial charge in [-0.25, -0.2) is 4.98 Å². The van der Waals surface area contributed by atoms with Crippen molar-refractivity contribution in [1.82, 2.24) is 14.0 Å². The molecule has 1 aromatic carbocycles. The largest absolute Gasteiger partial charge is 0.308 e. The Kier molecular flexibility index (Phi) is 4.48. The van der Waals surface area contributed by atoms with Gasteiger partial charge in [0.1, 0.15) is 11.3 Å². The molecule has 0 radical (unpaired) electrons. The highest BCUT2D eigenvalue weighted by molar-refractivity contribution is 5.51. The van der Waals surface area contributed by atoms with Crippen LogP contribution >= 0.6 is 0 Å². The lowest BCUT2D eigenvalue weighted by atomic mass is 10.1. The third kappa shape index (κ3) is 2.83. The second-order valence-electron chi connectivity index (χ2n) is 5.84. The van der Waals surface area contributed by atoms with Crippen LogP contribution < -0.4 is 5.56 Å². The number of aromatic nitrogens is 3. The van der Waals surface area contributed by atoms with E-state index in [0.29, 0.717) is 17.6 Å². The molecule has 2 aromatic heterocycles. The first kappa shape index (κ1) is 16.0. The van der Waals surface area contributed by atoms with E-state index >= 15 is 0 Å². The van der Waals surface area contributed by atoms with Crippen LogP contribution in [0.5, 0.6) is 0 Å². The maximum atomic E-state index is 12.9. The van der Waals surface area contributed by atoms with Gasteiger partial charge in [0, 0.05) is 18.8 Å². The molecule has 2 heterocycles. The Morgan fingerprint density at radius 2 is 2.08 bits per heavy atom. The minimum atomic E-state index is -0.0356. The van der Waals surface area contributed by atoms with Crippen LogP contribution in [0.4, 0.5) is 0 Å². The number of rotatable bonds is 5. The molecule has 5 nitrogen and oxygen atoms in total. The highest BCUT2D eigenvalue weighted by atomic mass is 16.1. The summed E-state index contributed by atoms with van der Waals surface area (Å²) in [6, 6.07) is 9.48. The molecule has 3 rings (SSSR count). The van der Waals surface area contributed by atoms with E-state index in [2.05, 4.69) is 18.0 Å². The van der Waals surface area contributed by atoms with E-state index in [1.165, 1.54) is 0 Å². The topological polar surface area (TPSA) is 63.1 Å². The number of hydrogen-bond acceptors (Lipinski definition) is 3. The lowest BCUT2D eigenvalue weighted by Gasteiger charge is -2.08. The monoisotopic (exact) mass is 320 g/mol. The van der Waals surface area contributed by atoms with E-state index in [1.807, 2.05) is 35.7 Å². The molecule has 122 valence electrons. The molecule has 0 aliphatic heterocycles. The van der Waals surface area contributed by atoms with Crippen LogP contribution in [0.3, 0.4) is 0 Å². The summed E-state index contributed by atoms with van der Waals surface area (Å²) in [5.41, 5.74) is 3.02. The van der Waals surface area contributed by atoms with Crippen molar-refractivity contribution in [2.75, 3.05) is 0 Å². The van der Waals surface area contributed by atoms with Crippen LogP contribution in [-0.2, 0) is 19.4 Å². The van der Waals surface area contributed by atoms with E-state index in [-0.39, 0.29) is 5.56 Å². The average molecular weight is 320 g/mol. The molecule has 0 unspecified atom stereocenters. The van der Waals surface area contributed by atoms with Gasteiger partial charge in [-0.05, 0) is 30.5 Å². The van der Waals surface area contributed by atoms with E-state index < -0.39 is 0 Å². The number of aryl methyl sites for hydroxylation is 2. The summed E-state index contributed by atoms with van der Waals surface area (Å²) in [6.07, 6.45) is 6.30. The fourth-order valence-corrected chi connectivity index (χ4v) is 2.98. The SMILES string of the molecule is CCCc1nc(CC)c2c(=O)n(Cc3cccc(C#N)c3)ccn12. The Hall–Kier alpha value is -2.87. The Balaban J connectivity index is 2.08. The van der Waals surface area contributed by atoms with Crippen molar-refractivity contribution in [3.63, 3.8) is 0 Å². The van der Waals surface area contributed by atoms with E-state index in [9.17, 15) is 4.79 Å². The summed E-state index contributed by atoms with van der Waals surface area (Å²) in [5, 5.41) is 9.02. The minimum absolute atomic E-state index is 0.0356. The third-order valence-corrected chi connectivity index (χ3v) is 4.13. The molecule has 0 bridgehead atoms. The molecule has 0 atom stereocenters. The number of fused-ring (bicyclic) bond motifs is 1. The van der Waals surface area contributed by atoms with Gasteiger partial charge >= 0.3 is 0 Å². The summed E-state index contributed by atoms with van der Waals surface area (Å²) in [5.74, 6) is 0.945. The lowest BCUT2D eigenvalue weighted by Crippen LogP contribution is -2.22. The molecule has 0 fully saturated rings. The molecule has 3 aromatic rings. The van der Waals surface area contributed by atoms with Gasteiger partial charge in [0.2, 0.25) is 0 Å². The molecule has 0 saturated carbocycles. The summed E-state index contributed by atoms with van der Waals surface area (Å²) in [7, 11) is 0. The number of benzene rings is 1. The summed E-state index contributed by atoms with van der Waals surface area (Å²) < 4.78 is 3.61. The van der Waals surface area contributed by atoms with Crippen molar-refractivity contribution in [3.8, 4) is 6.07 Å². The van der Waals surface area contributed by atoms with E-state index in [0.717, 1.165) is 36.3 Å². The Labute approximate surface area is 140 Å². The van der Waals surface area contributed by atoms with Gasteiger partial charge in [0.25, 0.3) is 5.56 Å². The fourth-order valence-electron chi connectivity index (χ4n) is 2.98. The van der Waals surface area contributed by atoms with Gasteiger partial charge in [0.05, 0.1) is 23.9 Å². The van der Waals surface area contributed by atoms with Gasteiger partial charge < -0.3 is 4.57 Å². The predicted octanol–water partition coefficient (Wildman–Crippen LogP) is 2.93. The molecule has 5 heteroatoms. The van der Waals surface area contributed by atoms with Crippen LogP contribution in [0, 0.1) is 11.3 Å². The van der Waals surface area contributed by atoms with Gasteiger partial charge in [-0.3, -0.25) is 9.20 Å². The molecular formula is C19H20N4O. The summed E-state index contributed by atoms with van der Waals surface area (Å²) in [4.78, 5) is 17.6. The lowest BCUT2D eigenvalue weighted by molar-refractivity contribution is 0.744. The standard InChI is InChI=1S/C19H20N4O/c1-3-6-17-21-16(4-2)18-19(24)22(9-10-23(17)18)13-15-8-5-7-14(11-15)12-20/h5,7-11H,3-4,6,13H2,1-2H3. The van der Waals surface area contributed by atoms with Crippen molar-refractivity contribution in [3.05, 3.63) is 69.7 Å². The Morgan fingerprint density at radius 3 is 2.79 bits per heavy atom. The van der Waals surface area contributed by atoms with Crippen molar-refractivity contribution in [2.45, 2.75) is 39.7 Å². The van der Waals surface area contributed by atoms with Gasteiger partial charge in [-0.2, -0.15) is 5.26 Å². The molecule has 0 aliphatic carbocycles. The maximum Gasteiger partial charge on any atom is 0.277 e. The van der Waals surface area contributed by atoms with Crippen LogP contribution in [0.15, 0.2) is 41.5 Å². The van der Waals surface area contributed by atoms with E-state index in [4.69, 9.17) is 5.26 Å². The zero-order chi connectivity index (χ0) is 17.1. The van der Waals surface area contributed by atoms with Crippen LogP contribution in [0.2, 0.25) is 0 Å². The molecule has 24 heavy (non-hydrogen) atoms. The van der Waals surface area contributed by atoms with Crippen LogP contribution in [0.25, 0.3) is 5.52 Å². The normalized spacial score (nSPS) is 10.9. The van der Waals surface area contributed by atoms with Crippen molar-refractivity contribution in [2.24, 2.45) is 0 Å². The number of imidazole rings is 1. The first-order valence-corrected chi connectivity index (χ1v) is 8.26. The van der Waals surface area contributed by atoms with Crippen LogP contribution in [-0.4, -0.2) is 14.0 Å². The average Bonchev–Trinajstić information content (AvgIpc) is 2.96. The quantitative estimate of drug-likeness (QED) is 0.726. The Bertz CT molecular complexity index is 975. The van der Waals surface area contributed by atoms with E-state index in [1.54, 1.807) is 16.8 Å². The minimum Gasteiger partial charge on any atom is -0.308 e. The smallest absolute Gasteiger partial charge is 0.277 e. The molecule has 0 aliphatic rings.